The number of halogens is 5. The van der Waals surface area contributed by atoms with Crippen molar-refractivity contribution in [3.8, 4) is 0 Å². The van der Waals surface area contributed by atoms with Gasteiger partial charge in [-0.1, -0.05) is 34.8 Å². The first-order valence-electron chi connectivity index (χ1n) is 2.86. The van der Waals surface area contributed by atoms with Crippen LogP contribution in [-0.2, 0) is 3.79 Å². The number of alkyl halides is 3. The van der Waals surface area contributed by atoms with E-state index >= 15 is 0 Å². The van der Waals surface area contributed by atoms with E-state index in [-0.39, 0.29) is 15.5 Å². The van der Waals surface area contributed by atoms with E-state index < -0.39 is 3.79 Å². The Kier molecular flexibility index (Phi) is 3.05. The van der Waals surface area contributed by atoms with Gasteiger partial charge < -0.3 is 0 Å². The van der Waals surface area contributed by atoms with Gasteiger partial charge in [-0.2, -0.15) is 0 Å². The number of rotatable bonds is 0. The number of aromatic nitrogens is 1. The van der Waals surface area contributed by atoms with Crippen LogP contribution in [0.25, 0.3) is 0 Å². The molecule has 0 aliphatic rings. The van der Waals surface area contributed by atoms with Gasteiger partial charge in [-0.15, -0.1) is 0 Å². The van der Waals surface area contributed by atoms with Crippen molar-refractivity contribution in [2.24, 2.45) is 0 Å². The second-order valence-electron chi connectivity index (χ2n) is 2.05. The summed E-state index contributed by atoms with van der Waals surface area (Å²) in [5.74, 6) is 0. The molecule has 0 saturated carbocycles. The largest absolute Gasteiger partial charge is 0.321 e. The van der Waals surface area contributed by atoms with Crippen LogP contribution in [0.1, 0.15) is 5.56 Å². The maximum Gasteiger partial charge on any atom is 0.321 e. The molecule has 0 aliphatic heterocycles. The maximum atomic E-state index is 12.7. The van der Waals surface area contributed by atoms with Gasteiger partial charge in [0.15, 0.2) is 0 Å². The summed E-state index contributed by atoms with van der Waals surface area (Å²) in [6, 6.07) is 2.74. The number of hydrogen-bond acceptors (Lipinski definition) is 0. The van der Waals surface area contributed by atoms with Crippen LogP contribution >= 0.6 is 46.4 Å². The molecule has 6 heteroatoms. The van der Waals surface area contributed by atoms with Crippen molar-refractivity contribution in [2.45, 2.75) is 3.79 Å². The predicted octanol–water partition coefficient (Wildman–Crippen LogP) is 3.19. The summed E-state index contributed by atoms with van der Waals surface area (Å²) in [7, 11) is 0. The standard InChI is InChI=1S/C6H3Cl4FN/c7-5-2-1-4(3-12(5)11)6(8,9)10/h1-3H/q+1. The summed E-state index contributed by atoms with van der Waals surface area (Å²) in [6.07, 6.45) is 1.01. The second-order valence-corrected chi connectivity index (χ2v) is 4.72. The Morgan fingerprint density at radius 1 is 1.25 bits per heavy atom. The van der Waals surface area contributed by atoms with Gasteiger partial charge in [0.25, 0.3) is 0 Å². The van der Waals surface area contributed by atoms with E-state index in [0.717, 1.165) is 6.20 Å². The smallest absolute Gasteiger partial charge is 0.0782 e. The minimum absolute atomic E-state index is 0.0759. The third kappa shape index (κ3) is 2.36. The third-order valence-corrected chi connectivity index (χ3v) is 2.13. The highest BCUT2D eigenvalue weighted by atomic mass is 35.6. The van der Waals surface area contributed by atoms with E-state index in [1.807, 2.05) is 0 Å². The van der Waals surface area contributed by atoms with Gasteiger partial charge in [0.2, 0.25) is 9.99 Å². The van der Waals surface area contributed by atoms with Crippen molar-refractivity contribution < 1.29 is 9.27 Å². The van der Waals surface area contributed by atoms with E-state index in [1.54, 1.807) is 0 Å². The number of hydrogen-bond donors (Lipinski definition) is 0. The highest BCUT2D eigenvalue weighted by molar-refractivity contribution is 6.66. The summed E-state index contributed by atoms with van der Waals surface area (Å²) in [5.41, 5.74) is 0.222. The van der Waals surface area contributed by atoms with Gasteiger partial charge in [-0.25, -0.2) is 0 Å². The average Bonchev–Trinajstić information content (AvgIpc) is 1.92. The molecule has 1 aromatic rings. The molecule has 0 unspecified atom stereocenters. The van der Waals surface area contributed by atoms with E-state index in [2.05, 4.69) is 0 Å². The minimum Gasteiger partial charge on any atom is -0.0782 e. The van der Waals surface area contributed by atoms with Crippen LogP contribution < -0.4 is 4.79 Å². The van der Waals surface area contributed by atoms with Gasteiger partial charge in [-0.3, -0.25) is 0 Å². The Labute approximate surface area is 88.5 Å². The topological polar surface area (TPSA) is 3.88 Å². The summed E-state index contributed by atoms with van der Waals surface area (Å²) < 4.78 is 11.1. The summed E-state index contributed by atoms with van der Waals surface area (Å²) in [5, 5.41) is -0.0759. The third-order valence-electron chi connectivity index (χ3n) is 1.18. The normalized spacial score (nSPS) is 11.8. The van der Waals surface area contributed by atoms with Crippen LogP contribution in [0, 0.1) is 0 Å². The Balaban J connectivity index is 3.14. The van der Waals surface area contributed by atoms with E-state index in [4.69, 9.17) is 46.4 Å². The molecule has 0 aromatic carbocycles. The molecular weight excluding hydrogens is 247 g/mol. The van der Waals surface area contributed by atoms with E-state index in [1.165, 1.54) is 12.1 Å². The highest BCUT2D eigenvalue weighted by Gasteiger charge is 2.27. The number of nitrogens with zero attached hydrogens (tertiary/aromatic N) is 1. The highest BCUT2D eigenvalue weighted by Crippen LogP contribution is 2.37. The van der Waals surface area contributed by atoms with Gasteiger partial charge in [0.1, 0.15) is 0 Å². The molecule has 0 amide bonds. The zero-order valence-electron chi connectivity index (χ0n) is 5.57. The van der Waals surface area contributed by atoms with Crippen LogP contribution in [-0.4, -0.2) is 0 Å². The first kappa shape index (κ1) is 10.3. The lowest BCUT2D eigenvalue weighted by Crippen LogP contribution is -2.25. The molecular formula is C6H3Cl4FN+. The van der Waals surface area contributed by atoms with E-state index in [0.29, 0.717) is 0 Å². The lowest BCUT2D eigenvalue weighted by atomic mass is 10.3. The fourth-order valence-electron chi connectivity index (χ4n) is 0.624. The van der Waals surface area contributed by atoms with Crippen molar-refractivity contribution in [1.29, 1.82) is 0 Å². The molecule has 66 valence electrons. The molecule has 1 aromatic heterocycles. The average molecular weight is 250 g/mol. The van der Waals surface area contributed by atoms with Gasteiger partial charge in [0.05, 0.1) is 10.0 Å². The molecule has 0 saturated heterocycles. The second kappa shape index (κ2) is 3.54. The van der Waals surface area contributed by atoms with Crippen molar-refractivity contribution in [2.75, 3.05) is 0 Å². The van der Waals surface area contributed by atoms with Gasteiger partial charge in [0, 0.05) is 10.9 Å². The van der Waals surface area contributed by atoms with Crippen LogP contribution in [0.15, 0.2) is 18.3 Å². The van der Waals surface area contributed by atoms with Gasteiger partial charge in [-0.05, 0) is 17.7 Å². The van der Waals surface area contributed by atoms with Gasteiger partial charge >= 0.3 is 5.15 Å². The van der Waals surface area contributed by atoms with Crippen molar-refractivity contribution in [1.82, 2.24) is 0 Å². The fraction of sp³-hybridized carbons (Fsp3) is 0.167. The first-order valence-corrected chi connectivity index (χ1v) is 4.37. The molecule has 0 bridgehead atoms. The summed E-state index contributed by atoms with van der Waals surface area (Å²) in [6.45, 7) is 0. The Morgan fingerprint density at radius 2 is 1.83 bits per heavy atom. The van der Waals surface area contributed by atoms with Crippen LogP contribution in [0.3, 0.4) is 0 Å². The Morgan fingerprint density at radius 3 is 2.25 bits per heavy atom. The molecule has 0 N–H and O–H groups in total. The SMILES string of the molecule is F[n+]1cc(C(Cl)(Cl)Cl)ccc1Cl. The number of pyridine rings is 1. The fourth-order valence-corrected chi connectivity index (χ4v) is 1.07. The van der Waals surface area contributed by atoms with Crippen LogP contribution in [0.4, 0.5) is 4.48 Å². The zero-order chi connectivity index (χ0) is 9.35. The summed E-state index contributed by atoms with van der Waals surface area (Å²) >= 11 is 21.9. The molecule has 1 nitrogen and oxygen atoms in total. The molecule has 0 spiro atoms. The summed E-state index contributed by atoms with van der Waals surface area (Å²) in [4.78, 5) is 0.179. The van der Waals surface area contributed by atoms with Crippen LogP contribution in [0.5, 0.6) is 0 Å². The zero-order valence-corrected chi connectivity index (χ0v) is 8.59. The molecule has 0 atom stereocenters. The Bertz CT molecular complexity index is 296. The minimum atomic E-state index is -1.63. The predicted molar refractivity (Wildman–Crippen MR) is 47.4 cm³/mol. The molecule has 12 heavy (non-hydrogen) atoms. The van der Waals surface area contributed by atoms with Crippen molar-refractivity contribution >= 4 is 46.4 Å². The molecule has 0 radical (unpaired) electrons. The Hall–Kier alpha value is 0.240. The lowest BCUT2D eigenvalue weighted by molar-refractivity contribution is -0.842. The quantitative estimate of drug-likeness (QED) is 0.491. The molecule has 1 heterocycles. The molecule has 0 fully saturated rings. The lowest BCUT2D eigenvalue weighted by Gasteiger charge is -2.06. The monoisotopic (exact) mass is 248 g/mol. The molecule has 0 aliphatic carbocycles. The van der Waals surface area contributed by atoms with Crippen LogP contribution in [0.2, 0.25) is 5.15 Å². The maximum absolute atomic E-state index is 12.7. The van der Waals surface area contributed by atoms with Crippen molar-refractivity contribution in [3.05, 3.63) is 29.0 Å². The van der Waals surface area contributed by atoms with Crippen molar-refractivity contribution in [3.63, 3.8) is 0 Å². The molecule has 1 rings (SSSR count). The van der Waals surface area contributed by atoms with E-state index in [9.17, 15) is 4.48 Å². The first-order chi connectivity index (χ1) is 5.41.